The van der Waals surface area contributed by atoms with Gasteiger partial charge in [-0.1, -0.05) is 12.1 Å². The van der Waals surface area contributed by atoms with Crippen molar-refractivity contribution in [3.8, 4) is 5.75 Å². The number of hydrogen-bond acceptors (Lipinski definition) is 4. The molecule has 2 rings (SSSR count). The third-order valence-corrected chi connectivity index (χ3v) is 2.36. The maximum Gasteiger partial charge on any atom is 0.358 e. The average Bonchev–Trinajstić information content (AvgIpc) is 2.34. The van der Waals surface area contributed by atoms with Gasteiger partial charge in [-0.3, -0.25) is 4.79 Å². The van der Waals surface area contributed by atoms with Gasteiger partial charge in [-0.2, -0.15) is 0 Å². The zero-order chi connectivity index (χ0) is 12.4. The molecule has 88 valence electrons. The van der Waals surface area contributed by atoms with Gasteiger partial charge in [0.25, 0.3) is 0 Å². The average molecular weight is 233 g/mol. The smallest absolute Gasteiger partial charge is 0.358 e. The van der Waals surface area contributed by atoms with E-state index in [9.17, 15) is 14.7 Å². The number of hydrogen-bond donors (Lipinski definition) is 2. The van der Waals surface area contributed by atoms with Crippen LogP contribution in [0.4, 0.5) is 0 Å². The Bertz CT molecular complexity index is 630. The van der Waals surface area contributed by atoms with Gasteiger partial charge in [0.1, 0.15) is 0 Å². The van der Waals surface area contributed by atoms with E-state index in [4.69, 9.17) is 4.74 Å². The largest absolute Gasteiger partial charge is 0.502 e. The summed E-state index contributed by atoms with van der Waals surface area (Å²) in [7, 11) is 0. The van der Waals surface area contributed by atoms with Crippen LogP contribution >= 0.6 is 0 Å². The van der Waals surface area contributed by atoms with Crippen LogP contribution in [0.15, 0.2) is 29.1 Å². The molecule has 5 nitrogen and oxygen atoms in total. The van der Waals surface area contributed by atoms with Crippen molar-refractivity contribution in [1.82, 2.24) is 4.98 Å². The van der Waals surface area contributed by atoms with Crippen LogP contribution in [-0.4, -0.2) is 22.7 Å². The van der Waals surface area contributed by atoms with Gasteiger partial charge in [0.2, 0.25) is 5.43 Å². The minimum absolute atomic E-state index is 0.174. The molecule has 0 amide bonds. The third-order valence-electron chi connectivity index (χ3n) is 2.36. The van der Waals surface area contributed by atoms with Gasteiger partial charge in [0, 0.05) is 5.39 Å². The fraction of sp³-hybridized carbons (Fsp3) is 0.167. The van der Waals surface area contributed by atoms with Crippen LogP contribution < -0.4 is 5.43 Å². The first kappa shape index (κ1) is 11.2. The summed E-state index contributed by atoms with van der Waals surface area (Å²) in [6.45, 7) is 1.82. The van der Waals surface area contributed by atoms with E-state index in [1.54, 1.807) is 31.2 Å². The summed E-state index contributed by atoms with van der Waals surface area (Å²) in [6.07, 6.45) is 0. The van der Waals surface area contributed by atoms with Gasteiger partial charge in [0.15, 0.2) is 11.4 Å². The first-order valence-corrected chi connectivity index (χ1v) is 5.16. The molecule has 0 bridgehead atoms. The van der Waals surface area contributed by atoms with Crippen molar-refractivity contribution in [3.05, 3.63) is 40.2 Å². The summed E-state index contributed by atoms with van der Waals surface area (Å²) in [4.78, 5) is 26.0. The van der Waals surface area contributed by atoms with Gasteiger partial charge in [-0.25, -0.2) is 4.79 Å². The maximum atomic E-state index is 11.8. The molecule has 1 aromatic carbocycles. The zero-order valence-corrected chi connectivity index (χ0v) is 9.19. The monoisotopic (exact) mass is 233 g/mol. The van der Waals surface area contributed by atoms with E-state index in [1.165, 1.54) is 0 Å². The number of benzene rings is 1. The van der Waals surface area contributed by atoms with Crippen molar-refractivity contribution in [2.45, 2.75) is 6.92 Å². The molecule has 0 radical (unpaired) electrons. The van der Waals surface area contributed by atoms with E-state index in [1.807, 2.05) is 0 Å². The van der Waals surface area contributed by atoms with Crippen molar-refractivity contribution in [3.63, 3.8) is 0 Å². The van der Waals surface area contributed by atoms with Crippen LogP contribution in [0.3, 0.4) is 0 Å². The highest BCUT2D eigenvalue weighted by Crippen LogP contribution is 2.16. The molecular weight excluding hydrogens is 222 g/mol. The first-order chi connectivity index (χ1) is 8.15. The molecule has 1 heterocycles. The first-order valence-electron chi connectivity index (χ1n) is 5.16. The Kier molecular flexibility index (Phi) is 2.82. The van der Waals surface area contributed by atoms with E-state index in [-0.39, 0.29) is 12.3 Å². The molecule has 5 heteroatoms. The summed E-state index contributed by atoms with van der Waals surface area (Å²) in [6, 6.07) is 6.63. The standard InChI is InChI=1S/C12H11NO4/c1-2-17-12(16)9-11(15)10(14)7-5-3-4-6-8(7)13-9/h3-6,15H,2H2,1H3,(H,13,14). The van der Waals surface area contributed by atoms with Crippen LogP contribution in [0.5, 0.6) is 5.75 Å². The van der Waals surface area contributed by atoms with Crippen LogP contribution in [0.25, 0.3) is 10.9 Å². The second-order valence-electron chi connectivity index (χ2n) is 3.44. The number of aromatic nitrogens is 1. The minimum Gasteiger partial charge on any atom is -0.502 e. The number of aromatic hydroxyl groups is 1. The number of carbonyl (C=O) groups is 1. The molecule has 0 unspecified atom stereocenters. The van der Waals surface area contributed by atoms with E-state index in [2.05, 4.69) is 4.98 Å². The lowest BCUT2D eigenvalue weighted by Crippen LogP contribution is -2.13. The highest BCUT2D eigenvalue weighted by molar-refractivity contribution is 5.94. The van der Waals surface area contributed by atoms with E-state index in [0.29, 0.717) is 10.9 Å². The molecule has 2 N–H and O–H groups in total. The second-order valence-corrected chi connectivity index (χ2v) is 3.44. The molecule has 0 aliphatic rings. The molecule has 0 aliphatic carbocycles. The summed E-state index contributed by atoms with van der Waals surface area (Å²) < 4.78 is 4.74. The summed E-state index contributed by atoms with van der Waals surface area (Å²) in [5.74, 6) is -1.35. The van der Waals surface area contributed by atoms with Crippen LogP contribution in [-0.2, 0) is 4.74 Å². The zero-order valence-electron chi connectivity index (χ0n) is 9.19. The quantitative estimate of drug-likeness (QED) is 0.768. The number of ether oxygens (including phenoxy) is 1. The molecule has 0 saturated carbocycles. The SMILES string of the molecule is CCOC(=O)c1[nH]c2ccccc2c(=O)c1O. The van der Waals surface area contributed by atoms with E-state index < -0.39 is 17.1 Å². The normalized spacial score (nSPS) is 10.4. The van der Waals surface area contributed by atoms with Crippen molar-refractivity contribution in [2.75, 3.05) is 6.61 Å². The van der Waals surface area contributed by atoms with Gasteiger partial charge >= 0.3 is 5.97 Å². The van der Waals surface area contributed by atoms with E-state index >= 15 is 0 Å². The van der Waals surface area contributed by atoms with Gasteiger partial charge in [-0.15, -0.1) is 0 Å². The molecule has 0 spiro atoms. The van der Waals surface area contributed by atoms with Crippen LogP contribution in [0.2, 0.25) is 0 Å². The molecule has 0 atom stereocenters. The fourth-order valence-electron chi connectivity index (χ4n) is 1.58. The number of carbonyl (C=O) groups excluding carboxylic acids is 1. The Hall–Kier alpha value is -2.30. The number of rotatable bonds is 2. The third kappa shape index (κ3) is 1.87. The molecule has 2 aromatic rings. The van der Waals surface area contributed by atoms with Crippen molar-refractivity contribution < 1.29 is 14.6 Å². The summed E-state index contributed by atoms with van der Waals surface area (Å²) >= 11 is 0. The molecule has 1 aromatic heterocycles. The van der Waals surface area contributed by atoms with E-state index in [0.717, 1.165) is 0 Å². The lowest BCUT2D eigenvalue weighted by molar-refractivity contribution is 0.0516. The molecule has 0 saturated heterocycles. The number of aromatic amines is 1. The Morgan fingerprint density at radius 3 is 2.82 bits per heavy atom. The second kappa shape index (κ2) is 4.29. The Labute approximate surface area is 96.7 Å². The predicted octanol–water partition coefficient (Wildman–Crippen LogP) is 1.41. The fourth-order valence-corrected chi connectivity index (χ4v) is 1.58. The Balaban J connectivity index is 2.70. The molecule has 17 heavy (non-hydrogen) atoms. The molecular formula is C12H11NO4. The number of pyridine rings is 1. The number of nitrogens with one attached hydrogen (secondary N) is 1. The highest BCUT2D eigenvalue weighted by atomic mass is 16.5. The molecule has 0 fully saturated rings. The lowest BCUT2D eigenvalue weighted by Gasteiger charge is -2.06. The number of esters is 1. The van der Waals surface area contributed by atoms with Crippen molar-refractivity contribution >= 4 is 16.9 Å². The van der Waals surface area contributed by atoms with Crippen LogP contribution in [0, 0.1) is 0 Å². The summed E-state index contributed by atoms with van der Waals surface area (Å²) in [5, 5.41) is 9.98. The predicted molar refractivity (Wildman–Crippen MR) is 62.2 cm³/mol. The van der Waals surface area contributed by atoms with Gasteiger partial charge in [0.05, 0.1) is 12.1 Å². The Morgan fingerprint density at radius 2 is 2.12 bits per heavy atom. The number of H-pyrrole nitrogens is 1. The van der Waals surface area contributed by atoms with Crippen LogP contribution in [0.1, 0.15) is 17.4 Å². The molecule has 0 aliphatic heterocycles. The number of fused-ring (bicyclic) bond motifs is 1. The van der Waals surface area contributed by atoms with Gasteiger partial charge < -0.3 is 14.8 Å². The maximum absolute atomic E-state index is 11.8. The van der Waals surface area contributed by atoms with Gasteiger partial charge in [-0.05, 0) is 19.1 Å². The highest BCUT2D eigenvalue weighted by Gasteiger charge is 2.17. The number of para-hydroxylation sites is 1. The van der Waals surface area contributed by atoms with Crippen molar-refractivity contribution in [2.24, 2.45) is 0 Å². The van der Waals surface area contributed by atoms with Crippen molar-refractivity contribution in [1.29, 1.82) is 0 Å². The minimum atomic E-state index is -0.743. The Morgan fingerprint density at radius 1 is 1.41 bits per heavy atom. The topological polar surface area (TPSA) is 79.4 Å². The lowest BCUT2D eigenvalue weighted by atomic mass is 10.2. The summed E-state index contributed by atoms with van der Waals surface area (Å²) in [5.41, 5.74) is -0.309.